The molecular formula is C26H37N3O. The quantitative estimate of drug-likeness (QED) is 0.771. The third-order valence-corrected chi connectivity index (χ3v) is 9.75. The molecule has 4 heteroatoms. The predicted octanol–water partition coefficient (Wildman–Crippen LogP) is 4.71. The van der Waals surface area contributed by atoms with Crippen LogP contribution >= 0.6 is 0 Å². The summed E-state index contributed by atoms with van der Waals surface area (Å²) < 4.78 is 0. The van der Waals surface area contributed by atoms with E-state index in [-0.39, 0.29) is 17.5 Å². The summed E-state index contributed by atoms with van der Waals surface area (Å²) in [6.45, 7) is 6.82. The molecule has 1 spiro atoms. The van der Waals surface area contributed by atoms with E-state index in [4.69, 9.17) is 0 Å². The fourth-order valence-electron chi connectivity index (χ4n) is 8.00. The Kier molecular flexibility index (Phi) is 4.63. The first kappa shape index (κ1) is 19.2. The molecule has 0 aromatic heterocycles. The molecule has 2 heterocycles. The van der Waals surface area contributed by atoms with Gasteiger partial charge < -0.3 is 15.1 Å². The Morgan fingerprint density at radius 3 is 2.53 bits per heavy atom. The van der Waals surface area contributed by atoms with Crippen molar-refractivity contribution in [1.29, 1.82) is 0 Å². The molecular weight excluding hydrogens is 370 g/mol. The van der Waals surface area contributed by atoms with Gasteiger partial charge in [0.1, 0.15) is 0 Å². The lowest BCUT2D eigenvalue weighted by molar-refractivity contribution is 0.0785. The van der Waals surface area contributed by atoms with Crippen LogP contribution in [-0.4, -0.2) is 48.1 Å². The van der Waals surface area contributed by atoms with Gasteiger partial charge in [0.2, 0.25) is 0 Å². The predicted molar refractivity (Wildman–Crippen MR) is 119 cm³/mol. The van der Waals surface area contributed by atoms with Crippen LogP contribution in [0.5, 0.6) is 0 Å². The van der Waals surface area contributed by atoms with Crippen LogP contribution in [0, 0.1) is 17.8 Å². The number of fused-ring (bicyclic) bond motifs is 4. The Balaban J connectivity index is 1.17. The fourth-order valence-corrected chi connectivity index (χ4v) is 8.00. The van der Waals surface area contributed by atoms with Gasteiger partial charge in [0.05, 0.1) is 6.04 Å². The Morgan fingerprint density at radius 2 is 1.83 bits per heavy atom. The molecule has 1 aromatic carbocycles. The van der Waals surface area contributed by atoms with Crippen LogP contribution in [0.1, 0.15) is 75.5 Å². The first-order valence-corrected chi connectivity index (χ1v) is 12.5. The van der Waals surface area contributed by atoms with E-state index in [0.29, 0.717) is 0 Å². The van der Waals surface area contributed by atoms with E-state index in [2.05, 4.69) is 41.4 Å². The molecule has 1 N–H and O–H groups in total. The van der Waals surface area contributed by atoms with Gasteiger partial charge in [-0.3, -0.25) is 0 Å². The topological polar surface area (TPSA) is 35.6 Å². The summed E-state index contributed by atoms with van der Waals surface area (Å²) in [5, 5.41) is 3.42. The van der Waals surface area contributed by atoms with Gasteiger partial charge in [-0.1, -0.05) is 31.2 Å². The lowest BCUT2D eigenvalue weighted by Crippen LogP contribution is -2.48. The zero-order valence-corrected chi connectivity index (χ0v) is 18.5. The molecule has 5 atom stereocenters. The highest BCUT2D eigenvalue weighted by Crippen LogP contribution is 2.54. The van der Waals surface area contributed by atoms with Gasteiger partial charge in [-0.25, -0.2) is 4.79 Å². The summed E-state index contributed by atoms with van der Waals surface area (Å²) in [7, 11) is 0. The fraction of sp³-hybridized carbons (Fsp3) is 0.731. The average molecular weight is 408 g/mol. The Morgan fingerprint density at radius 1 is 1.07 bits per heavy atom. The summed E-state index contributed by atoms with van der Waals surface area (Å²) in [5.74, 6) is 2.89. The number of carbonyl (C=O) groups excluding carboxylic acids is 1. The summed E-state index contributed by atoms with van der Waals surface area (Å²) >= 11 is 0. The molecule has 4 nitrogen and oxygen atoms in total. The maximum atomic E-state index is 12.8. The number of nitrogens with one attached hydrogen (secondary N) is 1. The van der Waals surface area contributed by atoms with Crippen LogP contribution in [0.4, 0.5) is 4.79 Å². The molecule has 162 valence electrons. The van der Waals surface area contributed by atoms with E-state index in [1.807, 2.05) is 4.90 Å². The van der Waals surface area contributed by atoms with Gasteiger partial charge in [-0.2, -0.15) is 0 Å². The third kappa shape index (κ3) is 2.93. The first-order valence-electron chi connectivity index (χ1n) is 12.5. The van der Waals surface area contributed by atoms with E-state index in [1.54, 1.807) is 0 Å². The Hall–Kier alpha value is -1.55. The summed E-state index contributed by atoms with van der Waals surface area (Å²) in [4.78, 5) is 17.7. The Bertz CT molecular complexity index is 808. The second kappa shape index (κ2) is 7.25. The first-order chi connectivity index (χ1) is 14.6. The molecule has 6 rings (SSSR count). The molecule has 4 fully saturated rings. The second-order valence-electron chi connectivity index (χ2n) is 11.0. The summed E-state index contributed by atoms with van der Waals surface area (Å²) in [6.07, 6.45) is 10.3. The van der Waals surface area contributed by atoms with Crippen molar-refractivity contribution < 1.29 is 4.79 Å². The van der Waals surface area contributed by atoms with E-state index >= 15 is 0 Å². The van der Waals surface area contributed by atoms with Gasteiger partial charge in [0.15, 0.2) is 0 Å². The molecule has 0 unspecified atom stereocenters. The highest BCUT2D eigenvalue weighted by atomic mass is 16.2. The third-order valence-electron chi connectivity index (χ3n) is 9.75. The molecule has 0 radical (unpaired) electrons. The van der Waals surface area contributed by atoms with Crippen molar-refractivity contribution in [3.05, 3.63) is 35.4 Å². The van der Waals surface area contributed by atoms with Crippen molar-refractivity contribution in [2.45, 2.75) is 75.8 Å². The van der Waals surface area contributed by atoms with Crippen molar-refractivity contribution >= 4 is 6.03 Å². The van der Waals surface area contributed by atoms with Crippen LogP contribution < -0.4 is 5.32 Å². The second-order valence-corrected chi connectivity index (χ2v) is 11.0. The van der Waals surface area contributed by atoms with Crippen LogP contribution in [-0.2, 0) is 5.41 Å². The summed E-state index contributed by atoms with van der Waals surface area (Å²) in [5.41, 5.74) is 3.17. The Labute approximate surface area is 181 Å². The maximum absolute atomic E-state index is 12.8. The zero-order valence-electron chi connectivity index (χ0n) is 18.5. The molecule has 1 aromatic rings. The minimum Gasteiger partial charge on any atom is -0.331 e. The number of amides is 2. The van der Waals surface area contributed by atoms with Crippen molar-refractivity contribution in [2.24, 2.45) is 17.8 Å². The molecule has 5 aliphatic rings. The molecule has 30 heavy (non-hydrogen) atoms. The summed E-state index contributed by atoms with van der Waals surface area (Å²) in [6, 6.07) is 10.2. The highest BCUT2D eigenvalue weighted by molar-refractivity contribution is 5.75. The van der Waals surface area contributed by atoms with Crippen molar-refractivity contribution in [3.63, 3.8) is 0 Å². The van der Waals surface area contributed by atoms with Gasteiger partial charge >= 0.3 is 6.03 Å². The largest absolute Gasteiger partial charge is 0.331 e. The van der Waals surface area contributed by atoms with Crippen molar-refractivity contribution in [3.8, 4) is 0 Å². The van der Waals surface area contributed by atoms with E-state index in [1.165, 1.54) is 56.3 Å². The number of rotatable bonds is 2. The van der Waals surface area contributed by atoms with E-state index in [9.17, 15) is 4.79 Å². The van der Waals surface area contributed by atoms with Crippen molar-refractivity contribution in [1.82, 2.24) is 15.1 Å². The number of hydrogen-bond acceptors (Lipinski definition) is 2. The molecule has 2 saturated carbocycles. The molecule has 2 bridgehead atoms. The van der Waals surface area contributed by atoms with E-state index < -0.39 is 0 Å². The standard InChI is InChI=1S/C26H37N3O/c1-18-19-8-9-20(18)24(16-19)28-14-10-26(11-15-28)17-23(21-6-2-3-7-22(21)26)27-25(30)29-12-4-5-13-29/h2-3,6-7,18-20,23-24H,4-5,8-17H2,1H3,(H,27,30)/t18-,19+,20-,23+,24-/m1/s1. The maximum Gasteiger partial charge on any atom is 0.317 e. The van der Waals surface area contributed by atoms with Crippen LogP contribution in [0.25, 0.3) is 0 Å². The average Bonchev–Trinajstić information content (AvgIpc) is 3.55. The monoisotopic (exact) mass is 407 g/mol. The number of benzene rings is 1. The van der Waals surface area contributed by atoms with Gasteiger partial charge in [0, 0.05) is 24.5 Å². The SMILES string of the molecule is C[C@@H]1[C@H]2CC[C@H]1[C@H](N1CCC3(CC1)C[C@H](NC(=O)N1CCCC1)c1ccccc13)C2. The zero-order chi connectivity index (χ0) is 20.3. The van der Waals surface area contributed by atoms with Gasteiger partial charge in [0.25, 0.3) is 0 Å². The smallest absolute Gasteiger partial charge is 0.317 e. The molecule has 2 amide bonds. The normalized spacial score (nSPS) is 37.1. The number of hydrogen-bond donors (Lipinski definition) is 1. The van der Waals surface area contributed by atoms with Crippen molar-refractivity contribution in [2.75, 3.05) is 26.2 Å². The lowest BCUT2D eigenvalue weighted by Gasteiger charge is -2.44. The minimum absolute atomic E-state index is 0.151. The number of carbonyl (C=O) groups is 1. The van der Waals surface area contributed by atoms with E-state index in [0.717, 1.165) is 56.1 Å². The van der Waals surface area contributed by atoms with Crippen LogP contribution in [0.15, 0.2) is 24.3 Å². The number of piperidine rings is 1. The number of nitrogens with zero attached hydrogens (tertiary/aromatic N) is 2. The van der Waals surface area contributed by atoms with Gasteiger partial charge in [-0.05, 0) is 93.3 Å². The molecule has 3 aliphatic carbocycles. The highest BCUT2D eigenvalue weighted by Gasteiger charge is 2.51. The molecule has 2 aliphatic heterocycles. The minimum atomic E-state index is 0.151. The van der Waals surface area contributed by atoms with Gasteiger partial charge in [-0.15, -0.1) is 0 Å². The molecule has 2 saturated heterocycles. The lowest BCUT2D eigenvalue weighted by atomic mass is 9.73. The number of urea groups is 1. The van der Waals surface area contributed by atoms with Crippen LogP contribution in [0.2, 0.25) is 0 Å². The number of likely N-dealkylation sites (tertiary alicyclic amines) is 2. The van der Waals surface area contributed by atoms with Crippen LogP contribution in [0.3, 0.4) is 0 Å².